The van der Waals surface area contributed by atoms with E-state index in [2.05, 4.69) is 0 Å². The fraction of sp³-hybridized carbons (Fsp3) is 0.200. The quantitative estimate of drug-likeness (QED) is 0.680. The first-order valence-electron chi connectivity index (χ1n) is 4.02. The first-order valence-corrected chi connectivity index (χ1v) is 5.31. The number of hydrogen-bond donors (Lipinski definition) is 0. The molecule has 1 aromatic rings. The lowest BCUT2D eigenvalue weighted by Gasteiger charge is -2.01. The van der Waals surface area contributed by atoms with Gasteiger partial charge >= 0.3 is 0 Å². The molecule has 0 saturated carbocycles. The molecule has 1 aromatic carbocycles. The van der Waals surface area contributed by atoms with Crippen LogP contribution < -0.4 is 0 Å². The van der Waals surface area contributed by atoms with E-state index in [0.717, 1.165) is 6.42 Å². The average molecular weight is 254 g/mol. The van der Waals surface area contributed by atoms with Crippen LogP contribution in [0.15, 0.2) is 18.2 Å². The highest BCUT2D eigenvalue weighted by molar-refractivity contribution is 6.37. The summed E-state index contributed by atoms with van der Waals surface area (Å²) in [6.07, 6.45) is 4.32. The summed E-state index contributed by atoms with van der Waals surface area (Å²) < 4.78 is 12.8. The number of halogens is 4. The summed E-state index contributed by atoms with van der Waals surface area (Å²) in [5.41, 5.74) is 0.625. The predicted molar refractivity (Wildman–Crippen MR) is 60.8 cm³/mol. The zero-order chi connectivity index (χ0) is 10.6. The molecule has 0 aliphatic rings. The van der Waals surface area contributed by atoms with Gasteiger partial charge in [0.05, 0.1) is 10.0 Å². The minimum absolute atomic E-state index is 0.306. The highest BCUT2D eigenvalue weighted by Gasteiger charge is 2.04. The molecule has 0 spiro atoms. The minimum Gasteiger partial charge on any atom is -0.207 e. The smallest absolute Gasteiger partial charge is 0.126 e. The Kier molecular flexibility index (Phi) is 4.73. The van der Waals surface area contributed by atoms with Crippen molar-refractivity contribution in [2.45, 2.75) is 6.42 Å². The molecule has 0 amide bonds. The summed E-state index contributed by atoms with van der Waals surface area (Å²) in [5, 5.41) is 0.613. The maximum atomic E-state index is 12.8. The topological polar surface area (TPSA) is 0 Å². The van der Waals surface area contributed by atoms with Crippen molar-refractivity contribution in [3.63, 3.8) is 0 Å². The number of benzene rings is 1. The molecule has 0 atom stereocenters. The second kappa shape index (κ2) is 5.59. The van der Waals surface area contributed by atoms with Crippen molar-refractivity contribution in [2.24, 2.45) is 0 Å². The van der Waals surface area contributed by atoms with Crippen LogP contribution in [0.3, 0.4) is 0 Å². The third-order valence-electron chi connectivity index (χ3n) is 1.60. The van der Waals surface area contributed by atoms with E-state index < -0.39 is 5.82 Å². The summed E-state index contributed by atoms with van der Waals surface area (Å²) in [4.78, 5) is 0. The molecule has 0 unspecified atom stereocenters. The summed E-state index contributed by atoms with van der Waals surface area (Å²) >= 11 is 17.1. The normalized spacial score (nSPS) is 11.1. The Bertz CT molecular complexity index is 324. The van der Waals surface area contributed by atoms with Gasteiger partial charge in [0.2, 0.25) is 0 Å². The third-order valence-corrected chi connectivity index (χ3v) is 2.45. The van der Waals surface area contributed by atoms with Crippen LogP contribution in [0.2, 0.25) is 10.0 Å². The van der Waals surface area contributed by atoms with Crippen molar-refractivity contribution in [1.29, 1.82) is 0 Å². The Morgan fingerprint density at radius 1 is 1.21 bits per heavy atom. The highest BCUT2D eigenvalue weighted by atomic mass is 35.5. The van der Waals surface area contributed by atoms with Crippen molar-refractivity contribution < 1.29 is 4.39 Å². The Morgan fingerprint density at radius 2 is 1.79 bits per heavy atom. The van der Waals surface area contributed by atoms with Crippen LogP contribution in [0.1, 0.15) is 12.0 Å². The van der Waals surface area contributed by atoms with Gasteiger partial charge in [-0.1, -0.05) is 35.4 Å². The number of alkyl halides is 1. The zero-order valence-corrected chi connectivity index (χ0v) is 9.50. The van der Waals surface area contributed by atoms with Gasteiger partial charge in [-0.05, 0) is 18.6 Å². The molecule has 76 valence electrons. The predicted octanol–water partition coefficient (Wildman–Crippen LogP) is 4.77. The zero-order valence-electron chi connectivity index (χ0n) is 7.24. The molecule has 0 aliphatic heterocycles. The lowest BCUT2D eigenvalue weighted by atomic mass is 10.2. The van der Waals surface area contributed by atoms with Gasteiger partial charge in [-0.3, -0.25) is 0 Å². The Labute approximate surface area is 97.3 Å². The van der Waals surface area contributed by atoms with Crippen molar-refractivity contribution in [2.75, 3.05) is 5.88 Å². The first kappa shape index (κ1) is 11.8. The molecule has 0 saturated heterocycles. The third kappa shape index (κ3) is 3.16. The highest BCUT2D eigenvalue weighted by Crippen LogP contribution is 2.27. The van der Waals surface area contributed by atoms with E-state index in [1.54, 1.807) is 6.08 Å². The van der Waals surface area contributed by atoms with E-state index in [-0.39, 0.29) is 0 Å². The average Bonchev–Trinajstić information content (AvgIpc) is 2.09. The maximum Gasteiger partial charge on any atom is 0.126 e. The van der Waals surface area contributed by atoms with Crippen LogP contribution in [0, 0.1) is 5.82 Å². The lowest BCUT2D eigenvalue weighted by Crippen LogP contribution is -1.82. The second-order valence-electron chi connectivity index (χ2n) is 2.66. The fourth-order valence-corrected chi connectivity index (χ4v) is 1.69. The minimum atomic E-state index is -0.436. The molecule has 0 nitrogen and oxygen atoms in total. The van der Waals surface area contributed by atoms with E-state index in [1.165, 1.54) is 12.1 Å². The van der Waals surface area contributed by atoms with Gasteiger partial charge in [-0.15, -0.1) is 11.6 Å². The monoisotopic (exact) mass is 252 g/mol. The summed E-state index contributed by atoms with van der Waals surface area (Å²) in [6, 6.07) is 2.46. The lowest BCUT2D eigenvalue weighted by molar-refractivity contribution is 0.628. The molecule has 0 aromatic heterocycles. The van der Waals surface area contributed by atoms with Crippen LogP contribution in [-0.2, 0) is 0 Å². The molecular weight excluding hydrogens is 245 g/mol. The molecule has 0 fully saturated rings. The SMILES string of the molecule is Fc1cc(Cl)c(C=CCCCl)c(Cl)c1. The van der Waals surface area contributed by atoms with E-state index in [4.69, 9.17) is 34.8 Å². The van der Waals surface area contributed by atoms with Crippen LogP contribution in [-0.4, -0.2) is 5.88 Å². The van der Waals surface area contributed by atoms with E-state index in [9.17, 15) is 4.39 Å². The summed E-state index contributed by atoms with van der Waals surface area (Å²) in [6.45, 7) is 0. The van der Waals surface area contributed by atoms with Crippen molar-refractivity contribution in [1.82, 2.24) is 0 Å². The fourth-order valence-electron chi connectivity index (χ4n) is 0.977. The van der Waals surface area contributed by atoms with Gasteiger partial charge < -0.3 is 0 Å². The van der Waals surface area contributed by atoms with Gasteiger partial charge in [-0.2, -0.15) is 0 Å². The molecular formula is C10H8Cl3F. The number of rotatable bonds is 3. The number of hydrogen-bond acceptors (Lipinski definition) is 0. The van der Waals surface area contributed by atoms with Crippen molar-refractivity contribution in [3.05, 3.63) is 39.6 Å². The summed E-state index contributed by atoms with van der Waals surface area (Å²) in [7, 11) is 0. The maximum absolute atomic E-state index is 12.8. The van der Waals surface area contributed by atoms with Crippen LogP contribution >= 0.6 is 34.8 Å². The van der Waals surface area contributed by atoms with Crippen molar-refractivity contribution in [3.8, 4) is 0 Å². The largest absolute Gasteiger partial charge is 0.207 e. The summed E-state index contributed by atoms with van der Waals surface area (Å²) in [5.74, 6) is 0.0990. The van der Waals surface area contributed by atoms with E-state index in [0.29, 0.717) is 21.5 Å². The standard InChI is InChI=1S/C10H8Cl3F/c11-4-2-1-3-8-9(12)5-7(14)6-10(8)13/h1,3,5-6H,2,4H2. The molecule has 14 heavy (non-hydrogen) atoms. The van der Waals surface area contributed by atoms with Gasteiger partial charge in [-0.25, -0.2) is 4.39 Å². The van der Waals surface area contributed by atoms with Crippen LogP contribution in [0.25, 0.3) is 6.08 Å². The Hall–Kier alpha value is -0.240. The molecule has 0 heterocycles. The molecule has 0 bridgehead atoms. The second-order valence-corrected chi connectivity index (χ2v) is 3.86. The first-order chi connectivity index (χ1) is 6.65. The van der Waals surface area contributed by atoms with E-state index in [1.807, 2.05) is 6.08 Å². The molecule has 1 rings (SSSR count). The Balaban J connectivity index is 2.96. The molecule has 0 aliphatic carbocycles. The van der Waals surface area contributed by atoms with Gasteiger partial charge in [0, 0.05) is 11.4 Å². The van der Waals surface area contributed by atoms with E-state index >= 15 is 0 Å². The Morgan fingerprint density at radius 3 is 2.29 bits per heavy atom. The molecule has 0 radical (unpaired) electrons. The van der Waals surface area contributed by atoms with Gasteiger partial charge in [0.25, 0.3) is 0 Å². The van der Waals surface area contributed by atoms with Crippen LogP contribution in [0.5, 0.6) is 0 Å². The van der Waals surface area contributed by atoms with Gasteiger partial charge in [0.1, 0.15) is 5.82 Å². The molecule has 0 N–H and O–H groups in total. The molecule has 4 heteroatoms. The van der Waals surface area contributed by atoms with Gasteiger partial charge in [0.15, 0.2) is 0 Å². The van der Waals surface area contributed by atoms with Crippen molar-refractivity contribution >= 4 is 40.9 Å². The van der Waals surface area contributed by atoms with Crippen LogP contribution in [0.4, 0.5) is 4.39 Å². The number of allylic oxidation sites excluding steroid dienone is 1.